The molecule has 0 spiro atoms. The summed E-state index contributed by atoms with van der Waals surface area (Å²) in [6.07, 6.45) is -0.101. The van der Waals surface area contributed by atoms with E-state index in [1.165, 1.54) is 26.4 Å². The summed E-state index contributed by atoms with van der Waals surface area (Å²) in [6, 6.07) is 4.40. The number of carbonyl (C=O) groups excluding carboxylic acids is 1. The average Bonchev–Trinajstić information content (AvgIpc) is 2.39. The van der Waals surface area contributed by atoms with Gasteiger partial charge in [0.1, 0.15) is 0 Å². The first-order valence-corrected chi connectivity index (χ1v) is 6.33. The number of methoxy groups -OCH3 is 2. The van der Waals surface area contributed by atoms with Crippen LogP contribution in [0.5, 0.6) is 5.75 Å². The van der Waals surface area contributed by atoms with Gasteiger partial charge in [-0.05, 0) is 24.1 Å². The van der Waals surface area contributed by atoms with Crippen molar-refractivity contribution in [1.29, 1.82) is 0 Å². The third kappa shape index (κ3) is 5.54. The van der Waals surface area contributed by atoms with Gasteiger partial charge in [0, 0.05) is 13.7 Å². The Balaban J connectivity index is 2.37. The number of amides is 1. The van der Waals surface area contributed by atoms with Gasteiger partial charge in [-0.1, -0.05) is 6.07 Å². The number of aliphatic hydroxyl groups is 1. The van der Waals surface area contributed by atoms with Gasteiger partial charge in [0.25, 0.3) is 0 Å². The summed E-state index contributed by atoms with van der Waals surface area (Å²) in [4.78, 5) is 11.6. The molecule has 112 valence electrons. The lowest BCUT2D eigenvalue weighted by Crippen LogP contribution is -2.29. The molecule has 0 radical (unpaired) electrons. The summed E-state index contributed by atoms with van der Waals surface area (Å²) in [5, 5.41) is 12.1. The lowest BCUT2D eigenvalue weighted by molar-refractivity contribution is -0.120. The third-order valence-corrected chi connectivity index (χ3v) is 2.74. The van der Waals surface area contributed by atoms with Gasteiger partial charge >= 0.3 is 0 Å². The summed E-state index contributed by atoms with van der Waals surface area (Å²) in [7, 11) is 2.89. The maximum Gasteiger partial charge on any atom is 0.224 e. The largest absolute Gasteiger partial charge is 0.494 e. The van der Waals surface area contributed by atoms with Gasteiger partial charge in [-0.15, -0.1) is 0 Å². The second-order valence-electron chi connectivity index (χ2n) is 4.39. The highest BCUT2D eigenvalue weighted by Crippen LogP contribution is 2.17. The summed E-state index contributed by atoms with van der Waals surface area (Å²) >= 11 is 0. The quantitative estimate of drug-likeness (QED) is 0.744. The maximum absolute atomic E-state index is 13.4. The Morgan fingerprint density at radius 3 is 2.80 bits per heavy atom. The Labute approximate surface area is 117 Å². The van der Waals surface area contributed by atoms with Crippen LogP contribution in [0, 0.1) is 5.82 Å². The van der Waals surface area contributed by atoms with Crippen LogP contribution in [-0.4, -0.2) is 44.5 Å². The molecule has 1 rings (SSSR count). The van der Waals surface area contributed by atoms with Crippen molar-refractivity contribution >= 4 is 5.91 Å². The second-order valence-corrected chi connectivity index (χ2v) is 4.39. The molecule has 5 nitrogen and oxygen atoms in total. The van der Waals surface area contributed by atoms with Crippen LogP contribution < -0.4 is 10.1 Å². The molecule has 1 atom stereocenters. The van der Waals surface area contributed by atoms with Crippen LogP contribution >= 0.6 is 0 Å². The number of hydrogen-bond acceptors (Lipinski definition) is 4. The van der Waals surface area contributed by atoms with Crippen molar-refractivity contribution in [2.45, 2.75) is 18.9 Å². The summed E-state index contributed by atoms with van der Waals surface area (Å²) in [5.74, 6) is -0.565. The number of carbonyl (C=O) groups is 1. The van der Waals surface area contributed by atoms with Gasteiger partial charge in [0.15, 0.2) is 11.6 Å². The molecule has 0 heterocycles. The Morgan fingerprint density at radius 2 is 2.20 bits per heavy atom. The van der Waals surface area contributed by atoms with E-state index >= 15 is 0 Å². The number of rotatable bonds is 8. The Kier molecular flexibility index (Phi) is 6.97. The van der Waals surface area contributed by atoms with Gasteiger partial charge in [0.2, 0.25) is 5.91 Å². The molecule has 0 aromatic heterocycles. The molecule has 0 saturated carbocycles. The fourth-order valence-corrected chi connectivity index (χ4v) is 1.72. The van der Waals surface area contributed by atoms with Gasteiger partial charge in [-0.2, -0.15) is 0 Å². The van der Waals surface area contributed by atoms with Gasteiger partial charge < -0.3 is 19.9 Å². The van der Waals surface area contributed by atoms with Crippen LogP contribution in [0.2, 0.25) is 0 Å². The van der Waals surface area contributed by atoms with Crippen molar-refractivity contribution < 1.29 is 23.8 Å². The zero-order valence-electron chi connectivity index (χ0n) is 11.7. The highest BCUT2D eigenvalue weighted by molar-refractivity contribution is 5.78. The number of nitrogens with one attached hydrogen (secondary N) is 1. The minimum absolute atomic E-state index is 0.0846. The fraction of sp³-hybridized carbons (Fsp3) is 0.500. The van der Waals surface area contributed by atoms with E-state index in [2.05, 4.69) is 5.32 Å². The first-order valence-electron chi connectivity index (χ1n) is 6.33. The molecule has 1 unspecified atom stereocenters. The summed E-state index contributed by atoms with van der Waals surface area (Å²) < 4.78 is 23.0. The lowest BCUT2D eigenvalue weighted by atomic mass is 10.1. The zero-order chi connectivity index (χ0) is 15.0. The molecular weight excluding hydrogens is 265 g/mol. The SMILES string of the molecule is COCC(O)CCNC(=O)Cc1ccc(OC)c(F)c1. The van der Waals surface area contributed by atoms with Crippen molar-refractivity contribution in [2.75, 3.05) is 27.4 Å². The standard InChI is InChI=1S/C14H20FNO4/c1-19-9-11(17)5-6-16-14(18)8-10-3-4-13(20-2)12(15)7-10/h3-4,7,11,17H,5-6,8-9H2,1-2H3,(H,16,18). The van der Waals surface area contributed by atoms with E-state index in [4.69, 9.17) is 9.47 Å². The monoisotopic (exact) mass is 285 g/mol. The third-order valence-electron chi connectivity index (χ3n) is 2.74. The first kappa shape index (κ1) is 16.4. The van der Waals surface area contributed by atoms with Crippen LogP contribution in [0.1, 0.15) is 12.0 Å². The topological polar surface area (TPSA) is 67.8 Å². The molecule has 1 aromatic rings. The molecule has 0 fully saturated rings. The van der Waals surface area contributed by atoms with Gasteiger partial charge in [0.05, 0.1) is 26.2 Å². The highest BCUT2D eigenvalue weighted by atomic mass is 19.1. The molecule has 20 heavy (non-hydrogen) atoms. The molecule has 0 aliphatic rings. The zero-order valence-corrected chi connectivity index (χ0v) is 11.7. The van der Waals surface area contributed by atoms with Crippen LogP contribution in [0.4, 0.5) is 4.39 Å². The van der Waals surface area contributed by atoms with E-state index in [1.807, 2.05) is 0 Å². The van der Waals surface area contributed by atoms with Crippen molar-refractivity contribution in [1.82, 2.24) is 5.32 Å². The van der Waals surface area contributed by atoms with E-state index in [9.17, 15) is 14.3 Å². The minimum atomic E-state index is -0.598. The van der Waals surface area contributed by atoms with E-state index in [0.29, 0.717) is 18.5 Å². The number of ether oxygens (including phenoxy) is 2. The predicted octanol–water partition coefficient (Wildman–Crippen LogP) is 0.890. The van der Waals surface area contributed by atoms with E-state index < -0.39 is 11.9 Å². The summed E-state index contributed by atoms with van der Waals surface area (Å²) in [6.45, 7) is 0.585. The average molecular weight is 285 g/mol. The van der Waals surface area contributed by atoms with E-state index in [-0.39, 0.29) is 24.7 Å². The molecular formula is C14H20FNO4. The lowest BCUT2D eigenvalue weighted by Gasteiger charge is -2.10. The molecule has 0 aliphatic carbocycles. The van der Waals surface area contributed by atoms with Gasteiger partial charge in [-0.25, -0.2) is 4.39 Å². The molecule has 2 N–H and O–H groups in total. The maximum atomic E-state index is 13.4. The Morgan fingerprint density at radius 1 is 1.45 bits per heavy atom. The van der Waals surface area contributed by atoms with E-state index in [1.54, 1.807) is 6.07 Å². The van der Waals surface area contributed by atoms with Crippen LogP contribution in [-0.2, 0) is 16.0 Å². The molecule has 1 aromatic carbocycles. The van der Waals surface area contributed by atoms with Gasteiger partial charge in [-0.3, -0.25) is 4.79 Å². The molecule has 0 bridgehead atoms. The molecule has 0 aliphatic heterocycles. The van der Waals surface area contributed by atoms with Crippen molar-refractivity contribution in [3.63, 3.8) is 0 Å². The first-order chi connectivity index (χ1) is 9.56. The molecule has 0 saturated heterocycles. The number of aliphatic hydroxyl groups excluding tert-OH is 1. The van der Waals surface area contributed by atoms with Crippen LogP contribution in [0.3, 0.4) is 0 Å². The minimum Gasteiger partial charge on any atom is -0.494 e. The van der Waals surface area contributed by atoms with Crippen LogP contribution in [0.25, 0.3) is 0 Å². The number of halogens is 1. The Hall–Kier alpha value is -1.66. The van der Waals surface area contributed by atoms with Crippen molar-refractivity contribution in [3.05, 3.63) is 29.6 Å². The molecule has 6 heteroatoms. The summed E-state index contributed by atoms with van der Waals surface area (Å²) in [5.41, 5.74) is 0.568. The number of hydrogen-bond donors (Lipinski definition) is 2. The molecule has 1 amide bonds. The second kappa shape index (κ2) is 8.50. The van der Waals surface area contributed by atoms with Crippen LogP contribution in [0.15, 0.2) is 18.2 Å². The Bertz CT molecular complexity index is 439. The van der Waals surface area contributed by atoms with Crippen molar-refractivity contribution in [3.8, 4) is 5.75 Å². The number of benzene rings is 1. The smallest absolute Gasteiger partial charge is 0.224 e. The highest BCUT2D eigenvalue weighted by Gasteiger charge is 2.08. The fourth-order valence-electron chi connectivity index (χ4n) is 1.72. The predicted molar refractivity (Wildman–Crippen MR) is 72.2 cm³/mol. The van der Waals surface area contributed by atoms with Crippen molar-refractivity contribution in [2.24, 2.45) is 0 Å². The van der Waals surface area contributed by atoms with E-state index in [0.717, 1.165) is 0 Å². The normalized spacial score (nSPS) is 12.0.